The number of hydrogen-bond donors (Lipinski definition) is 2. The summed E-state index contributed by atoms with van der Waals surface area (Å²) in [5.74, 6) is 0.778. The third-order valence-electron chi connectivity index (χ3n) is 3.03. The lowest BCUT2D eigenvalue weighted by Crippen LogP contribution is -2.29. The highest BCUT2D eigenvalue weighted by atomic mass is 16.5. The molecule has 0 aromatic heterocycles. The van der Waals surface area contributed by atoms with Crippen molar-refractivity contribution in [2.45, 2.75) is 64.3 Å². The fraction of sp³-hybridized carbons (Fsp3) is 1.00. The highest BCUT2D eigenvalue weighted by Crippen LogP contribution is 2.20. The molecule has 0 amide bonds. The van der Waals surface area contributed by atoms with E-state index >= 15 is 0 Å². The highest BCUT2D eigenvalue weighted by Gasteiger charge is 2.33. The summed E-state index contributed by atoms with van der Waals surface area (Å²) >= 11 is 0. The van der Waals surface area contributed by atoms with Crippen LogP contribution in [0.5, 0.6) is 0 Å². The minimum Gasteiger partial charge on any atom is -0.388 e. The van der Waals surface area contributed by atoms with Gasteiger partial charge >= 0.3 is 0 Å². The molecule has 1 heterocycles. The lowest BCUT2D eigenvalue weighted by Gasteiger charge is -2.14. The van der Waals surface area contributed by atoms with Gasteiger partial charge in [-0.2, -0.15) is 0 Å². The molecule has 0 aliphatic carbocycles. The molecule has 3 heteroatoms. The molecule has 1 saturated heterocycles. The largest absolute Gasteiger partial charge is 0.388 e. The average Bonchev–Trinajstić information content (AvgIpc) is 2.48. The maximum atomic E-state index is 9.53. The van der Waals surface area contributed by atoms with E-state index in [1.807, 2.05) is 0 Å². The Morgan fingerprint density at radius 3 is 2.47 bits per heavy atom. The Morgan fingerprint density at radius 2 is 1.93 bits per heavy atom. The van der Waals surface area contributed by atoms with E-state index in [2.05, 4.69) is 13.8 Å². The van der Waals surface area contributed by atoms with E-state index < -0.39 is 12.2 Å². The summed E-state index contributed by atoms with van der Waals surface area (Å²) in [6.45, 7) is 4.76. The van der Waals surface area contributed by atoms with E-state index in [4.69, 9.17) is 4.74 Å². The smallest absolute Gasteiger partial charge is 0.108 e. The number of rotatable bonds is 6. The van der Waals surface area contributed by atoms with Crippen molar-refractivity contribution >= 4 is 0 Å². The van der Waals surface area contributed by atoms with Crippen molar-refractivity contribution in [1.29, 1.82) is 0 Å². The molecule has 3 unspecified atom stereocenters. The topological polar surface area (TPSA) is 49.7 Å². The van der Waals surface area contributed by atoms with Gasteiger partial charge in [0, 0.05) is 0 Å². The van der Waals surface area contributed by atoms with Crippen molar-refractivity contribution < 1.29 is 14.9 Å². The molecule has 3 nitrogen and oxygen atoms in total. The Labute approximate surface area is 92.4 Å². The van der Waals surface area contributed by atoms with Gasteiger partial charge in [-0.25, -0.2) is 0 Å². The molecule has 0 aromatic carbocycles. The van der Waals surface area contributed by atoms with Crippen molar-refractivity contribution in [3.63, 3.8) is 0 Å². The van der Waals surface area contributed by atoms with E-state index in [0.29, 0.717) is 0 Å². The van der Waals surface area contributed by atoms with Gasteiger partial charge in [0.15, 0.2) is 0 Å². The van der Waals surface area contributed by atoms with Gasteiger partial charge in [-0.1, -0.05) is 39.5 Å². The quantitative estimate of drug-likeness (QED) is 0.665. The fourth-order valence-electron chi connectivity index (χ4n) is 2.00. The van der Waals surface area contributed by atoms with Gasteiger partial charge in [0.1, 0.15) is 12.2 Å². The summed E-state index contributed by atoms with van der Waals surface area (Å²) in [5.41, 5.74) is 0. The number of aliphatic hydroxyl groups is 2. The van der Waals surface area contributed by atoms with Gasteiger partial charge in [-0.15, -0.1) is 0 Å². The van der Waals surface area contributed by atoms with E-state index in [-0.39, 0.29) is 12.7 Å². The summed E-state index contributed by atoms with van der Waals surface area (Å²) in [4.78, 5) is 0. The van der Waals surface area contributed by atoms with Crippen LogP contribution < -0.4 is 0 Å². The fourth-order valence-corrected chi connectivity index (χ4v) is 2.00. The van der Waals surface area contributed by atoms with Crippen LogP contribution in [0.3, 0.4) is 0 Å². The van der Waals surface area contributed by atoms with Crippen molar-refractivity contribution in [3.05, 3.63) is 0 Å². The number of unbranched alkanes of at least 4 members (excludes halogenated alkanes) is 2. The molecule has 15 heavy (non-hydrogen) atoms. The van der Waals surface area contributed by atoms with Gasteiger partial charge in [0.25, 0.3) is 0 Å². The highest BCUT2D eigenvalue weighted by molar-refractivity contribution is 4.82. The van der Waals surface area contributed by atoms with E-state index in [1.165, 1.54) is 19.3 Å². The third-order valence-corrected chi connectivity index (χ3v) is 3.03. The van der Waals surface area contributed by atoms with Gasteiger partial charge < -0.3 is 14.9 Å². The van der Waals surface area contributed by atoms with E-state index in [9.17, 15) is 10.2 Å². The van der Waals surface area contributed by atoms with Crippen LogP contribution >= 0.6 is 0 Å². The van der Waals surface area contributed by atoms with Crippen LogP contribution in [0.15, 0.2) is 0 Å². The summed E-state index contributed by atoms with van der Waals surface area (Å²) in [6, 6.07) is 0. The molecule has 0 aromatic rings. The average molecular weight is 216 g/mol. The molecule has 1 fully saturated rings. The Balaban J connectivity index is 2.01. The molecular formula is C12H24O3. The minimum absolute atomic E-state index is 0.140. The second-order valence-electron chi connectivity index (χ2n) is 4.96. The molecule has 0 bridgehead atoms. The number of ether oxygens (including phenoxy) is 1. The van der Waals surface area contributed by atoms with Gasteiger partial charge in [-0.05, 0) is 12.3 Å². The summed E-state index contributed by atoms with van der Waals surface area (Å²) in [5, 5.41) is 18.8. The van der Waals surface area contributed by atoms with Crippen LogP contribution in [0, 0.1) is 5.92 Å². The number of hydrogen-bond acceptors (Lipinski definition) is 3. The lowest BCUT2D eigenvalue weighted by atomic mass is 10.0. The summed E-state index contributed by atoms with van der Waals surface area (Å²) in [7, 11) is 0. The van der Waals surface area contributed by atoms with Crippen LogP contribution in [-0.4, -0.2) is 35.1 Å². The first-order valence-corrected chi connectivity index (χ1v) is 6.09. The second kappa shape index (κ2) is 6.46. The Hall–Kier alpha value is -0.120. The van der Waals surface area contributed by atoms with Crippen LogP contribution in [-0.2, 0) is 4.74 Å². The summed E-state index contributed by atoms with van der Waals surface area (Å²) < 4.78 is 5.31. The molecule has 2 N–H and O–H groups in total. The Kier molecular flexibility index (Phi) is 5.58. The minimum atomic E-state index is -0.675. The number of aliphatic hydroxyl groups excluding tert-OH is 2. The van der Waals surface area contributed by atoms with Crippen LogP contribution in [0.25, 0.3) is 0 Å². The van der Waals surface area contributed by atoms with E-state index in [1.54, 1.807) is 0 Å². The van der Waals surface area contributed by atoms with Crippen molar-refractivity contribution in [1.82, 2.24) is 0 Å². The first-order chi connectivity index (χ1) is 7.11. The van der Waals surface area contributed by atoms with Gasteiger partial charge in [0.05, 0.1) is 12.7 Å². The summed E-state index contributed by atoms with van der Waals surface area (Å²) in [6.07, 6.45) is 4.19. The Bertz CT molecular complexity index is 170. The zero-order chi connectivity index (χ0) is 11.3. The molecule has 0 spiro atoms. The predicted octanol–water partition coefficient (Wildman–Crippen LogP) is 1.71. The molecule has 0 radical (unpaired) electrons. The molecule has 1 aliphatic rings. The second-order valence-corrected chi connectivity index (χ2v) is 4.96. The lowest BCUT2D eigenvalue weighted by molar-refractivity contribution is 0.0183. The standard InChI is InChI=1S/C12H24O3/c1-9(2)6-4-3-5-7-11-12(14)10(13)8-15-11/h9-14H,3-8H2,1-2H3. The maximum Gasteiger partial charge on any atom is 0.108 e. The normalized spacial score (nSPS) is 31.4. The maximum absolute atomic E-state index is 9.53. The van der Waals surface area contributed by atoms with Crippen molar-refractivity contribution in [2.75, 3.05) is 6.61 Å². The molecule has 90 valence electrons. The molecule has 0 saturated carbocycles. The first kappa shape index (κ1) is 12.9. The van der Waals surface area contributed by atoms with Crippen LogP contribution in [0.4, 0.5) is 0 Å². The van der Waals surface area contributed by atoms with E-state index in [0.717, 1.165) is 18.8 Å². The van der Waals surface area contributed by atoms with Gasteiger partial charge in [0.2, 0.25) is 0 Å². The van der Waals surface area contributed by atoms with Crippen molar-refractivity contribution in [3.8, 4) is 0 Å². The van der Waals surface area contributed by atoms with Crippen LogP contribution in [0.1, 0.15) is 46.0 Å². The molecule has 1 aliphatic heterocycles. The zero-order valence-electron chi connectivity index (χ0n) is 9.85. The molecule has 1 rings (SSSR count). The third kappa shape index (κ3) is 4.49. The van der Waals surface area contributed by atoms with Crippen LogP contribution in [0.2, 0.25) is 0 Å². The molecular weight excluding hydrogens is 192 g/mol. The Morgan fingerprint density at radius 1 is 1.20 bits per heavy atom. The SMILES string of the molecule is CC(C)CCCCCC1OCC(O)C1O. The first-order valence-electron chi connectivity index (χ1n) is 6.09. The zero-order valence-corrected chi connectivity index (χ0v) is 9.85. The molecule has 3 atom stereocenters. The predicted molar refractivity (Wildman–Crippen MR) is 59.7 cm³/mol. The van der Waals surface area contributed by atoms with Crippen molar-refractivity contribution in [2.24, 2.45) is 5.92 Å². The monoisotopic (exact) mass is 216 g/mol. The van der Waals surface area contributed by atoms with Gasteiger partial charge in [-0.3, -0.25) is 0 Å².